The number of imidazole rings is 1. The Morgan fingerprint density at radius 2 is 1.59 bits per heavy atom. The Bertz CT molecular complexity index is 1500. The number of amidine groups is 2. The molecule has 0 N–H and O–H groups in total. The molecule has 0 amide bonds. The second kappa shape index (κ2) is 6.50. The van der Waals surface area contributed by atoms with Gasteiger partial charge in [0.05, 0.1) is 29.0 Å². The molecule has 0 radical (unpaired) electrons. The Morgan fingerprint density at radius 1 is 0.875 bits per heavy atom. The summed E-state index contributed by atoms with van der Waals surface area (Å²) in [5, 5.41) is 3.88. The van der Waals surface area contributed by atoms with Gasteiger partial charge in [0.2, 0.25) is 5.84 Å². The number of aliphatic imine (C=N–C) groups is 1. The zero-order valence-corrected chi connectivity index (χ0v) is 20.8. The standard InChI is InChI=1S/C28H34N4/c1-17-13-14-20(24-29-26(27(3,4)5)32(24)28(6,7)8)22-19-12-10-11-18(2)23(19)31-16-15-30(9)25(31)21(17)22/h10-16H,1-9H3/q+2. The predicted octanol–water partition coefficient (Wildman–Crippen LogP) is 5.70. The number of hydrogen-bond acceptors (Lipinski definition) is 1. The van der Waals surface area contributed by atoms with Gasteiger partial charge in [-0.05, 0) is 51.8 Å². The summed E-state index contributed by atoms with van der Waals surface area (Å²) in [4.78, 5) is 5.16. The average Bonchev–Trinajstić information content (AvgIpc) is 3.01. The van der Waals surface area contributed by atoms with Crippen molar-refractivity contribution in [2.75, 3.05) is 0 Å². The van der Waals surface area contributed by atoms with Crippen molar-refractivity contribution >= 4 is 39.0 Å². The lowest BCUT2D eigenvalue weighted by atomic mass is 9.88. The van der Waals surface area contributed by atoms with E-state index in [1.165, 1.54) is 44.0 Å². The molecule has 1 aliphatic heterocycles. The number of pyridine rings is 1. The van der Waals surface area contributed by atoms with Crippen LogP contribution in [0.1, 0.15) is 58.2 Å². The number of benzene rings is 2. The van der Waals surface area contributed by atoms with Crippen molar-refractivity contribution in [3.63, 3.8) is 0 Å². The number of aromatic nitrogens is 2. The minimum absolute atomic E-state index is 0.00280. The van der Waals surface area contributed by atoms with Crippen molar-refractivity contribution in [2.45, 2.75) is 60.9 Å². The number of para-hydroxylation sites is 1. The summed E-state index contributed by atoms with van der Waals surface area (Å²) >= 11 is 0. The third kappa shape index (κ3) is 2.78. The molecule has 1 aliphatic rings. The van der Waals surface area contributed by atoms with Gasteiger partial charge in [0, 0.05) is 10.8 Å². The zero-order valence-electron chi connectivity index (χ0n) is 20.8. The molecule has 0 unspecified atom stereocenters. The normalized spacial score (nSPS) is 15.1. The Balaban J connectivity index is 2.00. The molecule has 4 aromatic rings. The molecule has 2 aromatic heterocycles. The van der Waals surface area contributed by atoms with Crippen LogP contribution >= 0.6 is 0 Å². The third-order valence-electron chi connectivity index (χ3n) is 6.60. The maximum absolute atomic E-state index is 5.16. The van der Waals surface area contributed by atoms with E-state index in [1.54, 1.807) is 0 Å². The number of fused-ring (bicyclic) bond motifs is 6. The molecule has 0 saturated heterocycles. The van der Waals surface area contributed by atoms with Crippen LogP contribution in [0.2, 0.25) is 0 Å². The zero-order chi connectivity index (χ0) is 23.2. The molecular formula is C28H34N4+2. The van der Waals surface area contributed by atoms with E-state index in [-0.39, 0.29) is 11.0 Å². The molecule has 0 bridgehead atoms. The number of nitrogens with zero attached hydrogens (tertiary/aromatic N) is 4. The second-order valence-corrected chi connectivity index (χ2v) is 11.3. The van der Waals surface area contributed by atoms with E-state index in [0.29, 0.717) is 0 Å². The van der Waals surface area contributed by atoms with E-state index in [2.05, 4.69) is 119 Å². The van der Waals surface area contributed by atoms with Gasteiger partial charge >= 0.3 is 0 Å². The molecular weight excluding hydrogens is 392 g/mol. The van der Waals surface area contributed by atoms with Crippen LogP contribution in [0, 0.1) is 19.3 Å². The fraction of sp³-hybridized carbons (Fsp3) is 0.393. The summed E-state index contributed by atoms with van der Waals surface area (Å²) < 4.78 is 7.03. The van der Waals surface area contributed by atoms with E-state index in [1.807, 2.05) is 0 Å². The molecule has 0 fully saturated rings. The van der Waals surface area contributed by atoms with Crippen molar-refractivity contribution in [1.82, 2.24) is 4.40 Å². The van der Waals surface area contributed by atoms with Crippen molar-refractivity contribution in [3.05, 3.63) is 59.4 Å². The van der Waals surface area contributed by atoms with E-state index in [4.69, 9.17) is 4.99 Å². The van der Waals surface area contributed by atoms with Gasteiger partial charge in [-0.15, -0.1) is 0 Å². The fourth-order valence-electron chi connectivity index (χ4n) is 5.17. The largest absolute Gasteiger partial charge is 0.294 e. The quantitative estimate of drug-likeness (QED) is 0.275. The van der Waals surface area contributed by atoms with Gasteiger partial charge in [0.15, 0.2) is 0 Å². The van der Waals surface area contributed by atoms with Crippen LogP contribution < -0.4 is 4.57 Å². The molecule has 0 saturated carbocycles. The van der Waals surface area contributed by atoms with Gasteiger partial charge in [-0.2, -0.15) is 4.40 Å². The van der Waals surface area contributed by atoms with Gasteiger partial charge < -0.3 is 0 Å². The Labute approximate surface area is 190 Å². The van der Waals surface area contributed by atoms with Gasteiger partial charge in [0.1, 0.15) is 17.9 Å². The smallest absolute Gasteiger partial charge is 0.232 e. The summed E-state index contributed by atoms with van der Waals surface area (Å²) in [6.07, 6.45) is 4.34. The molecule has 4 heteroatoms. The number of aryl methyl sites for hydroxylation is 3. The summed E-state index contributed by atoms with van der Waals surface area (Å²) in [5.41, 5.74) is 6.22. The van der Waals surface area contributed by atoms with Crippen molar-refractivity contribution < 1.29 is 9.14 Å². The van der Waals surface area contributed by atoms with Crippen LogP contribution in [0.5, 0.6) is 0 Å². The maximum Gasteiger partial charge on any atom is 0.294 e. The van der Waals surface area contributed by atoms with Crippen LogP contribution in [0.4, 0.5) is 0 Å². The summed E-state index contributed by atoms with van der Waals surface area (Å²) in [5.74, 6) is 2.23. The SMILES string of the molecule is Cc1ccc(C2=[N+](C(C)(C)C)C(C(C)(C)C)=N2)c2c3cccc(C)c3n3cc[n+](C)c3c12. The van der Waals surface area contributed by atoms with Crippen LogP contribution in [0.3, 0.4) is 0 Å². The van der Waals surface area contributed by atoms with Gasteiger partial charge in [-0.3, -0.25) is 0 Å². The van der Waals surface area contributed by atoms with Crippen molar-refractivity contribution in [2.24, 2.45) is 17.5 Å². The lowest BCUT2D eigenvalue weighted by molar-refractivity contribution is -0.643. The molecule has 2 aromatic carbocycles. The van der Waals surface area contributed by atoms with Crippen LogP contribution in [0.25, 0.3) is 27.3 Å². The molecule has 0 spiro atoms. The summed E-state index contributed by atoms with van der Waals surface area (Å²) in [7, 11) is 2.14. The minimum atomic E-state index is -0.0492. The first-order chi connectivity index (χ1) is 14.9. The fourth-order valence-corrected chi connectivity index (χ4v) is 5.17. The predicted molar refractivity (Wildman–Crippen MR) is 134 cm³/mol. The van der Waals surface area contributed by atoms with Crippen molar-refractivity contribution in [3.8, 4) is 0 Å². The average molecular weight is 427 g/mol. The molecule has 0 aliphatic carbocycles. The van der Waals surface area contributed by atoms with Crippen LogP contribution in [0.15, 0.2) is 47.7 Å². The Hall–Kier alpha value is -3.01. The lowest BCUT2D eigenvalue weighted by Crippen LogP contribution is -2.52. The third-order valence-corrected chi connectivity index (χ3v) is 6.60. The van der Waals surface area contributed by atoms with Gasteiger partial charge in [-0.1, -0.05) is 50.0 Å². The van der Waals surface area contributed by atoms with Crippen molar-refractivity contribution in [1.29, 1.82) is 0 Å². The number of rotatable bonds is 1. The van der Waals surface area contributed by atoms with E-state index >= 15 is 0 Å². The Morgan fingerprint density at radius 3 is 2.25 bits per heavy atom. The Kier molecular flexibility index (Phi) is 4.24. The van der Waals surface area contributed by atoms with Crippen LogP contribution in [-0.2, 0) is 7.05 Å². The molecule has 5 rings (SSSR count). The molecule has 164 valence electrons. The topological polar surface area (TPSA) is 23.7 Å². The summed E-state index contributed by atoms with van der Waals surface area (Å²) in [6.45, 7) is 18.0. The first-order valence-corrected chi connectivity index (χ1v) is 11.5. The molecule has 4 nitrogen and oxygen atoms in total. The van der Waals surface area contributed by atoms with Gasteiger partial charge in [0.25, 0.3) is 11.5 Å². The first-order valence-electron chi connectivity index (χ1n) is 11.5. The first kappa shape index (κ1) is 20.9. The molecule has 32 heavy (non-hydrogen) atoms. The van der Waals surface area contributed by atoms with Gasteiger partial charge in [-0.25, -0.2) is 9.14 Å². The van der Waals surface area contributed by atoms with E-state index in [9.17, 15) is 0 Å². The number of hydrogen-bond donors (Lipinski definition) is 0. The highest BCUT2D eigenvalue weighted by atomic mass is 15.3. The highest BCUT2D eigenvalue weighted by molar-refractivity contribution is 6.24. The highest BCUT2D eigenvalue weighted by Crippen LogP contribution is 2.37. The highest BCUT2D eigenvalue weighted by Gasteiger charge is 2.44. The monoisotopic (exact) mass is 426 g/mol. The van der Waals surface area contributed by atoms with E-state index < -0.39 is 0 Å². The van der Waals surface area contributed by atoms with E-state index in [0.717, 1.165) is 11.7 Å². The molecule has 0 atom stereocenters. The van der Waals surface area contributed by atoms with Crippen LogP contribution in [-0.4, -0.2) is 26.2 Å². The minimum Gasteiger partial charge on any atom is -0.232 e. The molecule has 3 heterocycles. The lowest BCUT2D eigenvalue weighted by Gasteiger charge is -2.35. The summed E-state index contributed by atoms with van der Waals surface area (Å²) in [6, 6.07) is 11.2. The maximum atomic E-state index is 5.16. The second-order valence-electron chi connectivity index (χ2n) is 11.3.